The van der Waals surface area contributed by atoms with Crippen LogP contribution in [0, 0.1) is 0 Å². The highest BCUT2D eigenvalue weighted by Gasteiger charge is 2.21. The van der Waals surface area contributed by atoms with E-state index in [9.17, 15) is 9.59 Å². The minimum Gasteiger partial charge on any atom is -0.445 e. The van der Waals surface area contributed by atoms with E-state index < -0.39 is 20.2 Å². The number of aromatic nitrogens is 6. The van der Waals surface area contributed by atoms with Gasteiger partial charge in [-0.1, -0.05) is 56.9 Å². The molecular formula is C25H35N7O4Si. The Morgan fingerprint density at radius 1 is 1.14 bits per heavy atom. The number of Topliss-reactive ketones (excluding diaryl/α,β-unsaturated/α-hetero) is 1. The largest absolute Gasteiger partial charge is 0.445 e. The number of carbonyl (C=O) groups is 2. The number of rotatable bonds is 14. The molecule has 198 valence electrons. The molecule has 1 N–H and O–H groups in total. The molecule has 37 heavy (non-hydrogen) atoms. The van der Waals surface area contributed by atoms with Gasteiger partial charge in [0.2, 0.25) is 0 Å². The second-order valence-corrected chi connectivity index (χ2v) is 15.4. The first-order chi connectivity index (χ1) is 17.7. The Morgan fingerprint density at radius 3 is 2.62 bits per heavy atom. The van der Waals surface area contributed by atoms with Crippen molar-refractivity contribution in [2.24, 2.45) is 0 Å². The normalized spacial score (nSPS) is 12.5. The molecule has 0 fully saturated rings. The van der Waals surface area contributed by atoms with Crippen LogP contribution in [-0.4, -0.2) is 62.4 Å². The molecule has 0 bridgehead atoms. The summed E-state index contributed by atoms with van der Waals surface area (Å²) in [5.74, 6) is 0.839. The highest BCUT2D eigenvalue weighted by molar-refractivity contribution is 6.76. The number of tetrazole rings is 1. The lowest BCUT2D eigenvalue weighted by Crippen LogP contribution is -2.42. The zero-order valence-electron chi connectivity index (χ0n) is 21.8. The van der Waals surface area contributed by atoms with Gasteiger partial charge < -0.3 is 19.4 Å². The summed E-state index contributed by atoms with van der Waals surface area (Å²) in [6, 6.07) is 9.70. The van der Waals surface area contributed by atoms with E-state index >= 15 is 0 Å². The maximum absolute atomic E-state index is 12.9. The molecule has 1 atom stereocenters. The number of amides is 1. The number of ketones is 1. The van der Waals surface area contributed by atoms with Crippen LogP contribution in [0.1, 0.15) is 30.6 Å². The average molecular weight is 526 g/mol. The zero-order valence-corrected chi connectivity index (χ0v) is 22.8. The van der Waals surface area contributed by atoms with Crippen LogP contribution >= 0.6 is 0 Å². The van der Waals surface area contributed by atoms with Crippen LogP contribution in [0.2, 0.25) is 25.7 Å². The number of benzene rings is 1. The molecule has 0 aliphatic heterocycles. The van der Waals surface area contributed by atoms with Crippen molar-refractivity contribution >= 4 is 32.1 Å². The Bertz CT molecular complexity index is 1170. The van der Waals surface area contributed by atoms with Crippen LogP contribution in [0.3, 0.4) is 0 Å². The van der Waals surface area contributed by atoms with E-state index in [1.165, 1.54) is 4.68 Å². The predicted octanol–water partition coefficient (Wildman–Crippen LogP) is 3.63. The van der Waals surface area contributed by atoms with Crippen molar-refractivity contribution < 1.29 is 19.1 Å². The van der Waals surface area contributed by atoms with E-state index in [2.05, 4.69) is 45.5 Å². The number of imidazole rings is 1. The number of hydrogen-bond acceptors (Lipinski definition) is 8. The summed E-state index contributed by atoms with van der Waals surface area (Å²) in [5, 5.41) is 14.2. The number of hydrogen-bond donors (Lipinski definition) is 1. The number of alkyl carbamates (subject to hydrolysis) is 1. The summed E-state index contributed by atoms with van der Waals surface area (Å²) in [6.45, 7) is 9.89. The van der Waals surface area contributed by atoms with Crippen LogP contribution in [0.4, 0.5) is 4.79 Å². The predicted molar refractivity (Wildman–Crippen MR) is 142 cm³/mol. The Morgan fingerprint density at radius 2 is 1.89 bits per heavy atom. The lowest BCUT2D eigenvalue weighted by molar-refractivity contribution is -0.121. The summed E-state index contributed by atoms with van der Waals surface area (Å²) in [5.41, 5.74) is 0.862. The van der Waals surface area contributed by atoms with Crippen LogP contribution in [0.5, 0.6) is 0 Å². The Hall–Kier alpha value is -3.64. The van der Waals surface area contributed by atoms with Gasteiger partial charge >= 0.3 is 6.09 Å². The summed E-state index contributed by atoms with van der Waals surface area (Å²) < 4.78 is 14.3. The molecule has 1 amide bonds. The Balaban J connectivity index is 1.53. The van der Waals surface area contributed by atoms with E-state index in [0.29, 0.717) is 31.4 Å². The molecular weight excluding hydrogens is 490 g/mol. The number of nitrogens with zero attached hydrogens (tertiary/aromatic N) is 6. The van der Waals surface area contributed by atoms with Crippen molar-refractivity contribution in [1.29, 1.82) is 0 Å². The molecule has 0 aliphatic carbocycles. The van der Waals surface area contributed by atoms with E-state index in [1.807, 2.05) is 48.0 Å². The van der Waals surface area contributed by atoms with Crippen molar-refractivity contribution in [2.45, 2.75) is 65.0 Å². The van der Waals surface area contributed by atoms with Gasteiger partial charge in [-0.25, -0.2) is 14.5 Å². The molecule has 0 radical (unpaired) electrons. The molecule has 11 nitrogen and oxygen atoms in total. The first kappa shape index (κ1) is 27.9. The minimum absolute atomic E-state index is 0.0988. The van der Waals surface area contributed by atoms with Gasteiger partial charge in [0.25, 0.3) is 0 Å². The molecule has 0 saturated carbocycles. The maximum Gasteiger partial charge on any atom is 0.408 e. The third kappa shape index (κ3) is 9.39. The molecule has 1 unspecified atom stereocenters. The fraction of sp³-hybridized carbons (Fsp3) is 0.440. The van der Waals surface area contributed by atoms with Gasteiger partial charge in [-0.3, -0.25) is 4.79 Å². The Kier molecular flexibility index (Phi) is 10.3. The van der Waals surface area contributed by atoms with Gasteiger partial charge in [-0.05, 0) is 40.6 Å². The van der Waals surface area contributed by atoms with Gasteiger partial charge in [0.15, 0.2) is 11.6 Å². The summed E-state index contributed by atoms with van der Waals surface area (Å²) in [4.78, 5) is 29.4. The lowest BCUT2D eigenvalue weighted by Gasteiger charge is -2.16. The highest BCUT2D eigenvalue weighted by atomic mass is 28.3. The fourth-order valence-electron chi connectivity index (χ4n) is 3.30. The quantitative estimate of drug-likeness (QED) is 0.250. The molecule has 1 aromatic carbocycles. The first-order valence-corrected chi connectivity index (χ1v) is 16.0. The standard InChI is InChI=1S/C25H35N7O4Si/c1-5-21(27-25(34)36-18-20-9-7-6-8-10-20)22(33)17-32-24(28-29-30-32)12-11-23-26-13-14-31(23)19-35-15-16-37(2,3)4/h6-14,21H,5,15-19H2,1-4H3,(H,27,34)/b12-11+. The third-order valence-corrected chi connectivity index (χ3v) is 7.23. The van der Waals surface area contributed by atoms with Crippen molar-refractivity contribution in [1.82, 2.24) is 35.1 Å². The van der Waals surface area contributed by atoms with Crippen LogP contribution in [0.25, 0.3) is 12.2 Å². The monoisotopic (exact) mass is 525 g/mol. The molecule has 0 spiro atoms. The summed E-state index contributed by atoms with van der Waals surface area (Å²) >= 11 is 0. The van der Waals surface area contributed by atoms with Crippen LogP contribution < -0.4 is 5.32 Å². The smallest absolute Gasteiger partial charge is 0.408 e. The van der Waals surface area contributed by atoms with Gasteiger partial charge in [-0.15, -0.1) is 5.10 Å². The molecule has 0 aliphatic rings. The third-order valence-electron chi connectivity index (χ3n) is 5.52. The maximum atomic E-state index is 12.9. The minimum atomic E-state index is -1.15. The van der Waals surface area contributed by atoms with Gasteiger partial charge in [0.1, 0.15) is 25.7 Å². The molecule has 12 heteroatoms. The fourth-order valence-corrected chi connectivity index (χ4v) is 4.05. The van der Waals surface area contributed by atoms with Gasteiger partial charge in [-0.2, -0.15) is 0 Å². The molecule has 3 aromatic rings. The molecule has 3 rings (SSSR count). The zero-order chi connectivity index (χ0) is 26.7. The molecule has 2 aromatic heterocycles. The van der Waals surface area contributed by atoms with Gasteiger partial charge in [0, 0.05) is 27.1 Å². The van der Waals surface area contributed by atoms with E-state index in [4.69, 9.17) is 9.47 Å². The number of carbonyl (C=O) groups excluding carboxylic acids is 2. The van der Waals surface area contributed by atoms with Crippen molar-refractivity contribution in [2.75, 3.05) is 6.61 Å². The van der Waals surface area contributed by atoms with Crippen molar-refractivity contribution in [3.63, 3.8) is 0 Å². The van der Waals surface area contributed by atoms with Gasteiger partial charge in [0.05, 0.1) is 6.04 Å². The second-order valence-electron chi connectivity index (χ2n) is 9.76. The van der Waals surface area contributed by atoms with E-state index in [1.54, 1.807) is 18.3 Å². The number of nitrogens with one attached hydrogen (secondary N) is 1. The summed E-state index contributed by atoms with van der Waals surface area (Å²) in [7, 11) is -1.15. The van der Waals surface area contributed by atoms with Crippen LogP contribution in [-0.2, 0) is 34.2 Å². The molecule has 0 saturated heterocycles. The SMILES string of the molecule is CCC(NC(=O)OCc1ccccc1)C(=O)Cn1nnnc1/C=C/c1nccn1COCC[Si](C)(C)C. The number of ether oxygens (including phenoxy) is 2. The van der Waals surface area contributed by atoms with Crippen LogP contribution in [0.15, 0.2) is 42.7 Å². The topological polar surface area (TPSA) is 126 Å². The van der Waals surface area contributed by atoms with Crippen molar-refractivity contribution in [3.05, 3.63) is 59.9 Å². The second kappa shape index (κ2) is 13.6. The van der Waals surface area contributed by atoms with E-state index in [-0.39, 0.29) is 18.9 Å². The summed E-state index contributed by atoms with van der Waals surface area (Å²) in [6.07, 6.45) is 6.75. The average Bonchev–Trinajstić information content (AvgIpc) is 3.51. The Labute approximate surface area is 217 Å². The molecule has 2 heterocycles. The highest BCUT2D eigenvalue weighted by Crippen LogP contribution is 2.10. The van der Waals surface area contributed by atoms with Crippen molar-refractivity contribution in [3.8, 4) is 0 Å². The first-order valence-electron chi connectivity index (χ1n) is 12.3. The lowest BCUT2D eigenvalue weighted by atomic mass is 10.1. The van der Waals surface area contributed by atoms with E-state index in [0.717, 1.165) is 11.6 Å².